The second-order valence-corrected chi connectivity index (χ2v) is 4.31. The Morgan fingerprint density at radius 3 is 2.45 bits per heavy atom. The Morgan fingerprint density at radius 1 is 1.10 bits per heavy atom. The molecule has 2 rings (SSSR count). The fraction of sp³-hybridized carbons (Fsp3) is 0.200. The standard InChI is InChI=1S/C15H16N2O3/c1-16-10-12-6-3-5-9-15(12)20-11-13-7-2-4-8-14(13)17(18)19/h2-9,16H,10-11H2,1H3. The molecular formula is C15H16N2O3. The summed E-state index contributed by atoms with van der Waals surface area (Å²) in [5.74, 6) is 0.736. The second-order valence-electron chi connectivity index (χ2n) is 4.31. The molecule has 0 aliphatic carbocycles. The van der Waals surface area contributed by atoms with Gasteiger partial charge < -0.3 is 10.1 Å². The van der Waals surface area contributed by atoms with Crippen LogP contribution in [0.25, 0.3) is 0 Å². The normalized spacial score (nSPS) is 10.2. The van der Waals surface area contributed by atoms with Crippen LogP contribution in [0, 0.1) is 10.1 Å². The molecule has 2 aromatic rings. The molecule has 1 N–H and O–H groups in total. The molecule has 0 fully saturated rings. The van der Waals surface area contributed by atoms with Crippen molar-refractivity contribution in [1.82, 2.24) is 5.32 Å². The lowest BCUT2D eigenvalue weighted by atomic mass is 10.2. The van der Waals surface area contributed by atoms with Gasteiger partial charge in [-0.15, -0.1) is 0 Å². The Morgan fingerprint density at radius 2 is 1.75 bits per heavy atom. The maximum Gasteiger partial charge on any atom is 0.276 e. The Labute approximate surface area is 117 Å². The van der Waals surface area contributed by atoms with Crippen molar-refractivity contribution >= 4 is 5.69 Å². The van der Waals surface area contributed by atoms with E-state index in [1.807, 2.05) is 31.3 Å². The molecule has 0 heterocycles. The molecule has 20 heavy (non-hydrogen) atoms. The Balaban J connectivity index is 2.15. The number of hydrogen-bond donors (Lipinski definition) is 1. The minimum absolute atomic E-state index is 0.0820. The topological polar surface area (TPSA) is 64.4 Å². The van der Waals surface area contributed by atoms with Gasteiger partial charge in [-0.3, -0.25) is 10.1 Å². The van der Waals surface area contributed by atoms with Gasteiger partial charge in [0.2, 0.25) is 0 Å². The first-order chi connectivity index (χ1) is 9.72. The molecule has 2 aromatic carbocycles. The van der Waals surface area contributed by atoms with Crippen molar-refractivity contribution in [3.63, 3.8) is 0 Å². The average molecular weight is 272 g/mol. The molecule has 0 atom stereocenters. The van der Waals surface area contributed by atoms with Crippen molar-refractivity contribution in [2.75, 3.05) is 7.05 Å². The first-order valence-corrected chi connectivity index (χ1v) is 6.30. The second kappa shape index (κ2) is 6.68. The monoisotopic (exact) mass is 272 g/mol. The van der Waals surface area contributed by atoms with E-state index < -0.39 is 4.92 Å². The van der Waals surface area contributed by atoms with Crippen LogP contribution in [0.4, 0.5) is 5.69 Å². The zero-order valence-electron chi connectivity index (χ0n) is 11.2. The number of nitro benzene ring substituents is 1. The summed E-state index contributed by atoms with van der Waals surface area (Å²) in [5.41, 5.74) is 1.67. The van der Waals surface area contributed by atoms with Gasteiger partial charge >= 0.3 is 0 Å². The third-order valence-corrected chi connectivity index (χ3v) is 2.91. The number of ether oxygens (including phenoxy) is 1. The minimum atomic E-state index is -0.391. The van der Waals surface area contributed by atoms with Gasteiger partial charge in [0.1, 0.15) is 12.4 Å². The first kappa shape index (κ1) is 14.0. The van der Waals surface area contributed by atoms with E-state index >= 15 is 0 Å². The van der Waals surface area contributed by atoms with Crippen LogP contribution in [0.3, 0.4) is 0 Å². The van der Waals surface area contributed by atoms with E-state index in [0.29, 0.717) is 12.1 Å². The highest BCUT2D eigenvalue weighted by atomic mass is 16.6. The number of nitrogens with zero attached hydrogens (tertiary/aromatic N) is 1. The summed E-state index contributed by atoms with van der Waals surface area (Å²) in [7, 11) is 1.86. The van der Waals surface area contributed by atoms with E-state index in [1.165, 1.54) is 6.07 Å². The van der Waals surface area contributed by atoms with E-state index in [9.17, 15) is 10.1 Å². The van der Waals surface area contributed by atoms with Gasteiger partial charge in [-0.05, 0) is 19.2 Å². The maximum atomic E-state index is 10.9. The van der Waals surface area contributed by atoms with Crippen LogP contribution in [-0.2, 0) is 13.2 Å². The van der Waals surface area contributed by atoms with Crippen LogP contribution in [0.2, 0.25) is 0 Å². The molecule has 0 saturated heterocycles. The average Bonchev–Trinajstić information content (AvgIpc) is 2.47. The van der Waals surface area contributed by atoms with Crippen molar-refractivity contribution in [2.24, 2.45) is 0 Å². The molecule has 0 spiro atoms. The Hall–Kier alpha value is -2.40. The molecule has 0 aliphatic heterocycles. The van der Waals surface area contributed by atoms with Crippen molar-refractivity contribution in [1.29, 1.82) is 0 Å². The minimum Gasteiger partial charge on any atom is -0.488 e. The quantitative estimate of drug-likeness (QED) is 0.648. The molecular weight excluding hydrogens is 256 g/mol. The maximum absolute atomic E-state index is 10.9. The molecule has 5 heteroatoms. The van der Waals surface area contributed by atoms with E-state index in [2.05, 4.69) is 5.32 Å². The number of hydrogen-bond acceptors (Lipinski definition) is 4. The van der Waals surface area contributed by atoms with Crippen LogP contribution >= 0.6 is 0 Å². The van der Waals surface area contributed by atoms with Gasteiger partial charge in [-0.1, -0.05) is 30.3 Å². The molecule has 0 saturated carbocycles. The zero-order chi connectivity index (χ0) is 14.4. The third kappa shape index (κ3) is 3.33. The molecule has 0 bridgehead atoms. The number of nitrogens with one attached hydrogen (secondary N) is 1. The smallest absolute Gasteiger partial charge is 0.276 e. The largest absolute Gasteiger partial charge is 0.488 e. The van der Waals surface area contributed by atoms with Gasteiger partial charge in [-0.2, -0.15) is 0 Å². The first-order valence-electron chi connectivity index (χ1n) is 6.30. The van der Waals surface area contributed by atoms with Crippen LogP contribution in [0.15, 0.2) is 48.5 Å². The van der Waals surface area contributed by atoms with Crippen LogP contribution in [0.1, 0.15) is 11.1 Å². The van der Waals surface area contributed by atoms with Crippen molar-refractivity contribution < 1.29 is 9.66 Å². The summed E-state index contributed by atoms with van der Waals surface area (Å²) in [4.78, 5) is 10.6. The van der Waals surface area contributed by atoms with Crippen LogP contribution in [-0.4, -0.2) is 12.0 Å². The molecule has 0 aliphatic rings. The predicted molar refractivity (Wildman–Crippen MR) is 76.6 cm³/mol. The van der Waals surface area contributed by atoms with E-state index in [4.69, 9.17) is 4.74 Å². The highest BCUT2D eigenvalue weighted by Gasteiger charge is 2.13. The number of rotatable bonds is 6. The van der Waals surface area contributed by atoms with Gasteiger partial charge in [-0.25, -0.2) is 0 Å². The van der Waals surface area contributed by atoms with Gasteiger partial charge in [0.05, 0.1) is 10.5 Å². The molecule has 0 aromatic heterocycles. The van der Waals surface area contributed by atoms with Gasteiger partial charge in [0, 0.05) is 18.2 Å². The zero-order valence-corrected chi connectivity index (χ0v) is 11.2. The number of nitro groups is 1. The fourth-order valence-electron chi connectivity index (χ4n) is 1.95. The summed E-state index contributed by atoms with van der Waals surface area (Å²) in [6.45, 7) is 0.866. The predicted octanol–water partition coefficient (Wildman–Crippen LogP) is 2.89. The lowest BCUT2D eigenvalue weighted by Crippen LogP contribution is -2.08. The summed E-state index contributed by atoms with van der Waals surface area (Å²) in [6.07, 6.45) is 0. The highest BCUT2D eigenvalue weighted by Crippen LogP contribution is 2.22. The summed E-state index contributed by atoms with van der Waals surface area (Å²) in [6, 6.07) is 14.3. The molecule has 0 radical (unpaired) electrons. The summed E-state index contributed by atoms with van der Waals surface area (Å²) < 4.78 is 5.72. The lowest BCUT2D eigenvalue weighted by molar-refractivity contribution is -0.385. The van der Waals surface area contributed by atoms with Crippen molar-refractivity contribution in [3.8, 4) is 5.75 Å². The van der Waals surface area contributed by atoms with E-state index in [0.717, 1.165) is 11.3 Å². The molecule has 0 unspecified atom stereocenters. The van der Waals surface area contributed by atoms with Crippen molar-refractivity contribution in [2.45, 2.75) is 13.2 Å². The fourth-order valence-corrected chi connectivity index (χ4v) is 1.95. The van der Waals surface area contributed by atoms with E-state index in [-0.39, 0.29) is 12.3 Å². The molecule has 5 nitrogen and oxygen atoms in total. The molecule has 0 amide bonds. The summed E-state index contributed by atoms with van der Waals surface area (Å²) in [5, 5.41) is 14.0. The SMILES string of the molecule is CNCc1ccccc1OCc1ccccc1[N+](=O)[O-]. The summed E-state index contributed by atoms with van der Waals surface area (Å²) >= 11 is 0. The van der Waals surface area contributed by atoms with Crippen LogP contribution in [0.5, 0.6) is 5.75 Å². The Kier molecular flexibility index (Phi) is 4.68. The highest BCUT2D eigenvalue weighted by molar-refractivity contribution is 5.40. The van der Waals surface area contributed by atoms with E-state index in [1.54, 1.807) is 18.2 Å². The van der Waals surface area contributed by atoms with Gasteiger partial charge in [0.15, 0.2) is 0 Å². The molecule has 104 valence electrons. The number of para-hydroxylation sites is 2. The van der Waals surface area contributed by atoms with Gasteiger partial charge in [0.25, 0.3) is 5.69 Å². The third-order valence-electron chi connectivity index (χ3n) is 2.91. The number of benzene rings is 2. The van der Waals surface area contributed by atoms with Crippen LogP contribution < -0.4 is 10.1 Å². The lowest BCUT2D eigenvalue weighted by Gasteiger charge is -2.11. The van der Waals surface area contributed by atoms with Crippen molar-refractivity contribution in [3.05, 3.63) is 69.8 Å². The Bertz CT molecular complexity index is 599.